The van der Waals surface area contributed by atoms with Crippen LogP contribution in [-0.4, -0.2) is 12.7 Å². The quantitative estimate of drug-likeness (QED) is 0.866. The van der Waals surface area contributed by atoms with Crippen molar-refractivity contribution in [1.29, 1.82) is 0 Å². The van der Waals surface area contributed by atoms with Crippen LogP contribution in [-0.2, 0) is 0 Å². The van der Waals surface area contributed by atoms with Crippen LogP contribution in [0.1, 0.15) is 11.6 Å². The average Bonchev–Trinajstić information content (AvgIpc) is 2.50. The summed E-state index contributed by atoms with van der Waals surface area (Å²) in [7, 11) is 0. The lowest BCUT2D eigenvalue weighted by atomic mass is 10.0. The van der Waals surface area contributed by atoms with Gasteiger partial charge in [-0.25, -0.2) is 13.2 Å². The predicted molar refractivity (Wildman–Crippen MR) is 69.6 cm³/mol. The SMILES string of the molecule is NC(c1cc(F)c(F)cc1F)C1COc2ccccc2O1. The fraction of sp³-hybridized carbons (Fsp3) is 0.200. The number of rotatable bonds is 2. The summed E-state index contributed by atoms with van der Waals surface area (Å²) in [5.41, 5.74) is 5.76. The van der Waals surface area contributed by atoms with Crippen LogP contribution in [0.25, 0.3) is 0 Å². The summed E-state index contributed by atoms with van der Waals surface area (Å²) in [6.45, 7) is 0.0939. The van der Waals surface area contributed by atoms with E-state index in [0.717, 1.165) is 6.07 Å². The van der Waals surface area contributed by atoms with Gasteiger partial charge in [-0.3, -0.25) is 0 Å². The van der Waals surface area contributed by atoms with Crippen LogP contribution < -0.4 is 15.2 Å². The highest BCUT2D eigenvalue weighted by Crippen LogP contribution is 2.34. The lowest BCUT2D eigenvalue weighted by molar-refractivity contribution is 0.0711. The standard InChI is InChI=1S/C15H12F3NO2/c16-9-6-11(18)10(17)5-8(9)15(19)14-7-20-12-3-1-2-4-13(12)21-14/h1-6,14-15H,7,19H2. The summed E-state index contributed by atoms with van der Waals surface area (Å²) in [6.07, 6.45) is -0.695. The minimum Gasteiger partial charge on any atom is -0.486 e. The number of hydrogen-bond acceptors (Lipinski definition) is 3. The Hall–Kier alpha value is -2.21. The van der Waals surface area contributed by atoms with E-state index in [1.807, 2.05) is 0 Å². The molecule has 0 saturated carbocycles. The molecule has 3 nitrogen and oxygen atoms in total. The molecule has 0 amide bonds. The zero-order valence-electron chi connectivity index (χ0n) is 10.9. The number of para-hydroxylation sites is 2. The van der Waals surface area contributed by atoms with Crippen molar-refractivity contribution in [2.45, 2.75) is 12.1 Å². The van der Waals surface area contributed by atoms with Gasteiger partial charge in [0.15, 0.2) is 29.2 Å². The van der Waals surface area contributed by atoms with Crippen molar-refractivity contribution >= 4 is 0 Å². The van der Waals surface area contributed by atoms with Crippen LogP contribution >= 0.6 is 0 Å². The van der Waals surface area contributed by atoms with Crippen molar-refractivity contribution in [3.05, 3.63) is 59.4 Å². The maximum Gasteiger partial charge on any atom is 0.161 e. The number of halogens is 3. The monoisotopic (exact) mass is 295 g/mol. The van der Waals surface area contributed by atoms with Crippen LogP contribution in [0.5, 0.6) is 11.5 Å². The van der Waals surface area contributed by atoms with Crippen molar-refractivity contribution in [2.24, 2.45) is 5.73 Å². The Morgan fingerprint density at radius 3 is 2.43 bits per heavy atom. The van der Waals surface area contributed by atoms with Gasteiger partial charge in [0.05, 0.1) is 6.04 Å². The minimum atomic E-state index is -1.25. The van der Waals surface area contributed by atoms with Crippen molar-refractivity contribution in [1.82, 2.24) is 0 Å². The minimum absolute atomic E-state index is 0.0939. The molecule has 6 heteroatoms. The van der Waals surface area contributed by atoms with Gasteiger partial charge in [0.1, 0.15) is 12.4 Å². The first-order valence-corrected chi connectivity index (χ1v) is 6.35. The molecule has 1 heterocycles. The Labute approximate surface area is 119 Å². The van der Waals surface area contributed by atoms with Crippen molar-refractivity contribution in [3.8, 4) is 11.5 Å². The fourth-order valence-corrected chi connectivity index (χ4v) is 2.21. The smallest absolute Gasteiger partial charge is 0.161 e. The van der Waals surface area contributed by atoms with Crippen molar-refractivity contribution in [3.63, 3.8) is 0 Å². The molecule has 1 aliphatic rings. The van der Waals surface area contributed by atoms with E-state index >= 15 is 0 Å². The molecule has 110 valence electrons. The summed E-state index contributed by atoms with van der Waals surface area (Å²) in [5, 5.41) is 0. The molecule has 2 atom stereocenters. The Bertz CT molecular complexity index is 678. The van der Waals surface area contributed by atoms with Gasteiger partial charge in [0.2, 0.25) is 0 Å². The normalized spacial score (nSPS) is 18.4. The van der Waals surface area contributed by atoms with E-state index in [9.17, 15) is 13.2 Å². The molecule has 0 aliphatic carbocycles. The highest BCUT2D eigenvalue weighted by Gasteiger charge is 2.30. The third kappa shape index (κ3) is 2.54. The van der Waals surface area contributed by atoms with E-state index in [1.165, 1.54) is 0 Å². The molecule has 0 spiro atoms. The van der Waals surface area contributed by atoms with Gasteiger partial charge in [-0.1, -0.05) is 12.1 Å². The molecule has 2 unspecified atom stereocenters. The second-order valence-electron chi connectivity index (χ2n) is 4.73. The second kappa shape index (κ2) is 5.29. The number of nitrogens with two attached hydrogens (primary N) is 1. The Morgan fingerprint density at radius 1 is 1.00 bits per heavy atom. The van der Waals surface area contributed by atoms with Crippen LogP contribution in [0.15, 0.2) is 36.4 Å². The van der Waals surface area contributed by atoms with E-state index in [4.69, 9.17) is 15.2 Å². The van der Waals surface area contributed by atoms with Crippen LogP contribution in [0.2, 0.25) is 0 Å². The van der Waals surface area contributed by atoms with Crippen LogP contribution in [0.3, 0.4) is 0 Å². The molecule has 2 aromatic rings. The predicted octanol–water partition coefficient (Wildman–Crippen LogP) is 2.94. The second-order valence-corrected chi connectivity index (χ2v) is 4.73. The molecule has 2 aromatic carbocycles. The van der Waals surface area contributed by atoms with Crippen LogP contribution in [0, 0.1) is 17.5 Å². The molecule has 1 aliphatic heterocycles. The van der Waals surface area contributed by atoms with E-state index in [-0.39, 0.29) is 12.2 Å². The summed E-state index contributed by atoms with van der Waals surface area (Å²) in [4.78, 5) is 0. The summed E-state index contributed by atoms with van der Waals surface area (Å²) in [6, 6.07) is 7.21. The average molecular weight is 295 g/mol. The van der Waals surface area contributed by atoms with E-state index < -0.39 is 29.6 Å². The Kier molecular flexibility index (Phi) is 3.47. The topological polar surface area (TPSA) is 44.5 Å². The first-order valence-electron chi connectivity index (χ1n) is 6.35. The van der Waals surface area contributed by atoms with Crippen LogP contribution in [0.4, 0.5) is 13.2 Å². The number of benzene rings is 2. The van der Waals surface area contributed by atoms with Gasteiger partial charge >= 0.3 is 0 Å². The number of fused-ring (bicyclic) bond motifs is 1. The van der Waals surface area contributed by atoms with Gasteiger partial charge in [-0.2, -0.15) is 0 Å². The molecule has 0 fully saturated rings. The Balaban J connectivity index is 1.87. The maximum absolute atomic E-state index is 13.7. The first kappa shape index (κ1) is 13.8. The first-order chi connectivity index (χ1) is 10.1. The summed E-state index contributed by atoms with van der Waals surface area (Å²) in [5.74, 6) is -2.28. The zero-order valence-corrected chi connectivity index (χ0v) is 10.9. The van der Waals surface area contributed by atoms with E-state index in [1.54, 1.807) is 24.3 Å². The molecule has 0 saturated heterocycles. The molecule has 0 aromatic heterocycles. The third-order valence-corrected chi connectivity index (χ3v) is 3.33. The fourth-order valence-electron chi connectivity index (χ4n) is 2.21. The largest absolute Gasteiger partial charge is 0.486 e. The lowest BCUT2D eigenvalue weighted by Crippen LogP contribution is -2.39. The molecule has 3 rings (SSSR count). The zero-order chi connectivity index (χ0) is 15.0. The highest BCUT2D eigenvalue weighted by molar-refractivity contribution is 5.41. The van der Waals surface area contributed by atoms with E-state index in [0.29, 0.717) is 17.6 Å². The lowest BCUT2D eigenvalue weighted by Gasteiger charge is -2.30. The third-order valence-electron chi connectivity index (χ3n) is 3.33. The molecular formula is C15H12F3NO2. The van der Waals surface area contributed by atoms with Gasteiger partial charge < -0.3 is 15.2 Å². The number of hydrogen-bond donors (Lipinski definition) is 1. The van der Waals surface area contributed by atoms with Gasteiger partial charge in [-0.05, 0) is 18.2 Å². The molecular weight excluding hydrogens is 283 g/mol. The maximum atomic E-state index is 13.7. The van der Waals surface area contributed by atoms with Crippen molar-refractivity contribution in [2.75, 3.05) is 6.61 Å². The summed E-state index contributed by atoms with van der Waals surface area (Å²) >= 11 is 0. The highest BCUT2D eigenvalue weighted by atomic mass is 19.2. The Morgan fingerprint density at radius 2 is 1.67 bits per heavy atom. The molecule has 0 bridgehead atoms. The number of ether oxygens (including phenoxy) is 2. The molecule has 2 N–H and O–H groups in total. The molecule has 0 radical (unpaired) electrons. The van der Waals surface area contributed by atoms with E-state index in [2.05, 4.69) is 0 Å². The van der Waals surface area contributed by atoms with Gasteiger partial charge in [0, 0.05) is 11.6 Å². The van der Waals surface area contributed by atoms with Gasteiger partial charge in [-0.15, -0.1) is 0 Å². The molecule has 21 heavy (non-hydrogen) atoms. The van der Waals surface area contributed by atoms with Gasteiger partial charge in [0.25, 0.3) is 0 Å². The summed E-state index contributed by atoms with van der Waals surface area (Å²) < 4.78 is 51.1. The van der Waals surface area contributed by atoms with Crippen molar-refractivity contribution < 1.29 is 22.6 Å².